The first-order chi connectivity index (χ1) is 8.63. The fourth-order valence-corrected chi connectivity index (χ4v) is 2.21. The van der Waals surface area contributed by atoms with Crippen molar-refractivity contribution in [3.8, 4) is 0 Å². The highest BCUT2D eigenvalue weighted by atomic mass is 79.9. The number of rotatable bonds is 3. The second-order valence-electron chi connectivity index (χ2n) is 4.63. The molecule has 0 atom stereocenters. The third-order valence-corrected chi connectivity index (χ3v) is 3.62. The molecule has 1 aromatic rings. The van der Waals surface area contributed by atoms with Gasteiger partial charge in [0.25, 0.3) is 0 Å². The largest absolute Gasteiger partial charge is 0.325 e. The zero-order valence-corrected chi connectivity index (χ0v) is 12.1. The Labute approximate surface area is 116 Å². The summed E-state index contributed by atoms with van der Waals surface area (Å²) >= 11 is 3.37. The molecular weight excluding hydrogens is 294 g/mol. The highest BCUT2D eigenvalue weighted by Crippen LogP contribution is 2.14. The molecule has 1 fully saturated rings. The van der Waals surface area contributed by atoms with Crippen molar-refractivity contribution in [2.45, 2.75) is 0 Å². The fraction of sp³-hybridized carbons (Fsp3) is 0.462. The van der Waals surface area contributed by atoms with Crippen LogP contribution in [0.3, 0.4) is 0 Å². The van der Waals surface area contributed by atoms with Gasteiger partial charge in [-0.25, -0.2) is 0 Å². The van der Waals surface area contributed by atoms with Crippen molar-refractivity contribution in [1.29, 1.82) is 0 Å². The van der Waals surface area contributed by atoms with E-state index < -0.39 is 0 Å². The molecule has 98 valence electrons. The lowest BCUT2D eigenvalue weighted by molar-refractivity contribution is -0.117. The van der Waals surface area contributed by atoms with E-state index in [1.807, 2.05) is 24.3 Å². The maximum Gasteiger partial charge on any atom is 0.238 e. The summed E-state index contributed by atoms with van der Waals surface area (Å²) in [6.45, 7) is 4.47. The summed E-state index contributed by atoms with van der Waals surface area (Å²) in [5, 5.41) is 2.91. The number of halogens is 1. The van der Waals surface area contributed by atoms with E-state index in [4.69, 9.17) is 0 Å². The van der Waals surface area contributed by atoms with Crippen molar-refractivity contribution in [1.82, 2.24) is 9.80 Å². The third-order valence-electron chi connectivity index (χ3n) is 3.09. The minimum absolute atomic E-state index is 0.0573. The van der Waals surface area contributed by atoms with Gasteiger partial charge in [-0.2, -0.15) is 0 Å². The Morgan fingerprint density at radius 1 is 1.22 bits per heavy atom. The molecule has 0 saturated carbocycles. The zero-order chi connectivity index (χ0) is 13.0. The first-order valence-corrected chi connectivity index (χ1v) is 6.89. The van der Waals surface area contributed by atoms with Gasteiger partial charge in [0.15, 0.2) is 0 Å². The van der Waals surface area contributed by atoms with Gasteiger partial charge in [0.05, 0.1) is 6.54 Å². The van der Waals surface area contributed by atoms with E-state index in [1.54, 1.807) is 0 Å². The molecule has 1 aromatic carbocycles. The quantitative estimate of drug-likeness (QED) is 0.921. The van der Waals surface area contributed by atoms with E-state index in [1.165, 1.54) is 0 Å². The highest BCUT2D eigenvalue weighted by Gasteiger charge is 2.16. The molecule has 2 rings (SSSR count). The van der Waals surface area contributed by atoms with Gasteiger partial charge in [0, 0.05) is 36.3 Å². The van der Waals surface area contributed by atoms with Crippen LogP contribution in [0.2, 0.25) is 0 Å². The smallest absolute Gasteiger partial charge is 0.238 e. The molecule has 0 aliphatic carbocycles. The predicted molar refractivity (Wildman–Crippen MR) is 76.7 cm³/mol. The molecule has 18 heavy (non-hydrogen) atoms. The van der Waals surface area contributed by atoms with Crippen LogP contribution in [0.25, 0.3) is 0 Å². The zero-order valence-electron chi connectivity index (χ0n) is 10.5. The van der Waals surface area contributed by atoms with E-state index in [0.29, 0.717) is 6.54 Å². The number of piperazine rings is 1. The number of nitrogens with zero attached hydrogens (tertiary/aromatic N) is 2. The Hall–Kier alpha value is -0.910. The van der Waals surface area contributed by atoms with Crippen LogP contribution >= 0.6 is 15.9 Å². The van der Waals surface area contributed by atoms with Gasteiger partial charge in [-0.15, -0.1) is 0 Å². The molecule has 1 amide bonds. The van der Waals surface area contributed by atoms with Crippen LogP contribution in [0.5, 0.6) is 0 Å². The predicted octanol–water partition coefficient (Wildman–Crippen LogP) is 1.63. The molecule has 0 spiro atoms. The number of anilines is 1. The molecule has 1 heterocycles. The fourth-order valence-electron chi connectivity index (χ4n) is 1.94. The number of hydrogen-bond acceptors (Lipinski definition) is 3. The summed E-state index contributed by atoms with van der Waals surface area (Å²) in [5.74, 6) is 0.0573. The van der Waals surface area contributed by atoms with E-state index in [0.717, 1.165) is 36.3 Å². The number of likely N-dealkylation sites (N-methyl/N-ethyl adjacent to an activating group) is 1. The van der Waals surface area contributed by atoms with Crippen LogP contribution in [0.15, 0.2) is 28.7 Å². The number of nitrogens with one attached hydrogen (secondary N) is 1. The van der Waals surface area contributed by atoms with E-state index in [2.05, 4.69) is 38.1 Å². The molecule has 0 bridgehead atoms. The number of carbonyl (C=O) groups is 1. The van der Waals surface area contributed by atoms with E-state index in [9.17, 15) is 4.79 Å². The molecule has 1 aliphatic rings. The molecule has 1 N–H and O–H groups in total. The van der Waals surface area contributed by atoms with Crippen LogP contribution in [0.1, 0.15) is 0 Å². The minimum Gasteiger partial charge on any atom is -0.325 e. The Kier molecular flexibility index (Phi) is 4.74. The van der Waals surface area contributed by atoms with Gasteiger partial charge in [-0.05, 0) is 31.3 Å². The van der Waals surface area contributed by atoms with E-state index >= 15 is 0 Å². The van der Waals surface area contributed by atoms with Crippen molar-refractivity contribution < 1.29 is 4.79 Å². The number of amides is 1. The first kappa shape index (κ1) is 13.5. The van der Waals surface area contributed by atoms with Gasteiger partial charge in [0.2, 0.25) is 5.91 Å². The van der Waals surface area contributed by atoms with Crippen molar-refractivity contribution in [3.05, 3.63) is 28.7 Å². The summed E-state index contributed by atoms with van der Waals surface area (Å²) in [6, 6.07) is 7.63. The average Bonchev–Trinajstić information content (AvgIpc) is 2.35. The molecular formula is C13H18BrN3O. The van der Waals surface area contributed by atoms with Crippen LogP contribution in [-0.4, -0.2) is 55.5 Å². The van der Waals surface area contributed by atoms with Crippen LogP contribution in [0, 0.1) is 0 Å². The summed E-state index contributed by atoms with van der Waals surface area (Å²) in [5.41, 5.74) is 0.845. The second kappa shape index (κ2) is 6.31. The van der Waals surface area contributed by atoms with Crippen LogP contribution < -0.4 is 5.32 Å². The van der Waals surface area contributed by atoms with Gasteiger partial charge in [-0.1, -0.05) is 15.9 Å². The van der Waals surface area contributed by atoms with Crippen LogP contribution in [-0.2, 0) is 4.79 Å². The number of carbonyl (C=O) groups excluding carboxylic acids is 1. The third kappa shape index (κ3) is 4.08. The molecule has 4 nitrogen and oxygen atoms in total. The Morgan fingerprint density at radius 3 is 2.44 bits per heavy atom. The Bertz CT molecular complexity index is 399. The van der Waals surface area contributed by atoms with Crippen LogP contribution in [0.4, 0.5) is 5.69 Å². The summed E-state index contributed by atoms with van der Waals surface area (Å²) in [4.78, 5) is 16.3. The van der Waals surface area contributed by atoms with Crippen molar-refractivity contribution in [2.24, 2.45) is 0 Å². The lowest BCUT2D eigenvalue weighted by atomic mass is 10.3. The Balaban J connectivity index is 1.80. The lowest BCUT2D eigenvalue weighted by Gasteiger charge is -2.31. The number of hydrogen-bond donors (Lipinski definition) is 1. The molecule has 5 heteroatoms. The van der Waals surface area contributed by atoms with E-state index in [-0.39, 0.29) is 5.91 Å². The summed E-state index contributed by atoms with van der Waals surface area (Å²) < 4.78 is 1.01. The maximum atomic E-state index is 11.9. The molecule has 0 radical (unpaired) electrons. The molecule has 0 aromatic heterocycles. The summed E-state index contributed by atoms with van der Waals surface area (Å²) in [7, 11) is 2.11. The molecule has 0 unspecified atom stereocenters. The normalized spacial score (nSPS) is 17.7. The molecule has 1 saturated heterocycles. The summed E-state index contributed by atoms with van der Waals surface area (Å²) in [6.07, 6.45) is 0. The number of benzene rings is 1. The SMILES string of the molecule is CN1CCN(CC(=O)Nc2ccc(Br)cc2)CC1. The Morgan fingerprint density at radius 2 is 1.83 bits per heavy atom. The standard InChI is InChI=1S/C13H18BrN3O/c1-16-6-8-17(9-7-16)10-13(18)15-12-4-2-11(14)3-5-12/h2-5H,6-10H2,1H3,(H,15,18). The second-order valence-corrected chi connectivity index (χ2v) is 5.55. The topological polar surface area (TPSA) is 35.6 Å². The van der Waals surface area contributed by atoms with Gasteiger partial charge in [-0.3, -0.25) is 9.69 Å². The van der Waals surface area contributed by atoms with Gasteiger partial charge in [0.1, 0.15) is 0 Å². The molecule has 1 aliphatic heterocycles. The highest BCUT2D eigenvalue weighted by molar-refractivity contribution is 9.10. The average molecular weight is 312 g/mol. The monoisotopic (exact) mass is 311 g/mol. The van der Waals surface area contributed by atoms with Gasteiger partial charge >= 0.3 is 0 Å². The van der Waals surface area contributed by atoms with Crippen molar-refractivity contribution in [3.63, 3.8) is 0 Å². The first-order valence-electron chi connectivity index (χ1n) is 6.10. The van der Waals surface area contributed by atoms with Gasteiger partial charge < -0.3 is 10.2 Å². The minimum atomic E-state index is 0.0573. The van der Waals surface area contributed by atoms with Crippen molar-refractivity contribution >= 4 is 27.5 Å². The lowest BCUT2D eigenvalue weighted by Crippen LogP contribution is -2.47. The maximum absolute atomic E-state index is 11.9. The van der Waals surface area contributed by atoms with Crippen molar-refractivity contribution in [2.75, 3.05) is 45.1 Å².